The Kier molecular flexibility index (Phi) is 6.84. The first kappa shape index (κ1) is 21.2. The van der Waals surface area contributed by atoms with Gasteiger partial charge in [0.2, 0.25) is 0 Å². The van der Waals surface area contributed by atoms with Gasteiger partial charge in [-0.1, -0.05) is 32.0 Å². The van der Waals surface area contributed by atoms with Crippen LogP contribution in [0.25, 0.3) is 0 Å². The minimum atomic E-state index is -0.336. The molecular weight excluding hydrogens is 367 g/mol. The predicted molar refractivity (Wildman–Crippen MR) is 107 cm³/mol. The van der Waals surface area contributed by atoms with E-state index in [-0.39, 0.29) is 42.2 Å². The summed E-state index contributed by atoms with van der Waals surface area (Å²) in [6.45, 7) is 5.80. The maximum atomic E-state index is 13.2. The van der Waals surface area contributed by atoms with Crippen LogP contribution in [0.5, 0.6) is 5.75 Å². The number of amides is 1. The average Bonchev–Trinajstić information content (AvgIpc) is 2.62. The highest BCUT2D eigenvalue weighted by Crippen LogP contribution is 2.28. The molecule has 2 N–H and O–H groups in total. The largest absolute Gasteiger partial charge is 0.489 e. The summed E-state index contributed by atoms with van der Waals surface area (Å²) in [5.41, 5.74) is 7.58. The zero-order valence-corrected chi connectivity index (χ0v) is 16.5. The maximum Gasteiger partial charge on any atom is 0.253 e. The number of benzene rings is 2. The van der Waals surface area contributed by atoms with Gasteiger partial charge in [0.15, 0.2) is 0 Å². The molecule has 1 atom stereocenters. The number of hydrogen-bond acceptors (Lipinski definition) is 3. The number of rotatable bonds is 4. The molecule has 2 aromatic rings. The molecule has 1 aliphatic heterocycles. The summed E-state index contributed by atoms with van der Waals surface area (Å²) in [6.07, 6.45) is 0.807. The zero-order valence-electron chi connectivity index (χ0n) is 15.7. The molecule has 1 saturated heterocycles. The smallest absolute Gasteiger partial charge is 0.253 e. The molecule has 0 aliphatic carbocycles. The van der Waals surface area contributed by atoms with Crippen molar-refractivity contribution in [2.75, 3.05) is 13.1 Å². The van der Waals surface area contributed by atoms with Crippen molar-refractivity contribution < 1.29 is 13.9 Å². The van der Waals surface area contributed by atoms with E-state index >= 15 is 0 Å². The monoisotopic (exact) mass is 392 g/mol. The number of halogens is 2. The lowest BCUT2D eigenvalue weighted by Crippen LogP contribution is -2.54. The lowest BCUT2D eigenvalue weighted by atomic mass is 9.79. The van der Waals surface area contributed by atoms with Crippen molar-refractivity contribution in [1.82, 2.24) is 4.90 Å². The van der Waals surface area contributed by atoms with Crippen molar-refractivity contribution in [2.24, 2.45) is 11.1 Å². The van der Waals surface area contributed by atoms with E-state index in [0.717, 1.165) is 12.0 Å². The number of carbonyl (C=O) groups excluding carboxylic acids is 1. The predicted octanol–water partition coefficient (Wildman–Crippen LogP) is 4.03. The third kappa shape index (κ3) is 5.21. The number of likely N-dealkylation sites (tertiary alicyclic amines) is 1. The van der Waals surface area contributed by atoms with E-state index in [0.29, 0.717) is 24.4 Å². The van der Waals surface area contributed by atoms with E-state index in [2.05, 4.69) is 13.8 Å². The van der Waals surface area contributed by atoms with Gasteiger partial charge in [0.1, 0.15) is 18.2 Å². The van der Waals surface area contributed by atoms with Crippen molar-refractivity contribution in [3.63, 3.8) is 0 Å². The fourth-order valence-electron chi connectivity index (χ4n) is 3.25. The Morgan fingerprint density at radius 1 is 1.26 bits per heavy atom. The topological polar surface area (TPSA) is 55.6 Å². The number of nitrogens with zero attached hydrogens (tertiary/aromatic N) is 1. The summed E-state index contributed by atoms with van der Waals surface area (Å²) in [6, 6.07) is 13.5. The summed E-state index contributed by atoms with van der Waals surface area (Å²) < 4.78 is 18.8. The summed E-state index contributed by atoms with van der Waals surface area (Å²) in [5.74, 6) is 0.142. The second-order valence-electron chi connectivity index (χ2n) is 7.56. The van der Waals surface area contributed by atoms with Gasteiger partial charge in [0, 0.05) is 30.8 Å². The highest BCUT2D eigenvalue weighted by Gasteiger charge is 2.35. The molecular formula is C21H26ClFN2O2. The Morgan fingerprint density at radius 3 is 2.70 bits per heavy atom. The number of ether oxygens (including phenoxy) is 1. The van der Waals surface area contributed by atoms with E-state index in [9.17, 15) is 9.18 Å². The third-order valence-corrected chi connectivity index (χ3v) is 4.97. The first-order valence-corrected chi connectivity index (χ1v) is 8.87. The molecule has 1 fully saturated rings. The number of piperidine rings is 1. The number of nitrogens with two attached hydrogens (primary N) is 1. The zero-order chi connectivity index (χ0) is 18.7. The second kappa shape index (κ2) is 8.72. The minimum Gasteiger partial charge on any atom is -0.489 e. The Morgan fingerprint density at radius 2 is 2.00 bits per heavy atom. The molecule has 1 heterocycles. The van der Waals surface area contributed by atoms with Crippen LogP contribution in [0, 0.1) is 11.2 Å². The van der Waals surface area contributed by atoms with Crippen LogP contribution in [0.1, 0.15) is 36.2 Å². The van der Waals surface area contributed by atoms with Crippen molar-refractivity contribution in [1.29, 1.82) is 0 Å². The molecule has 6 heteroatoms. The highest BCUT2D eigenvalue weighted by atomic mass is 35.5. The first-order valence-electron chi connectivity index (χ1n) is 8.87. The van der Waals surface area contributed by atoms with E-state index in [4.69, 9.17) is 10.5 Å². The van der Waals surface area contributed by atoms with Gasteiger partial charge in [-0.3, -0.25) is 4.79 Å². The molecule has 0 bridgehead atoms. The van der Waals surface area contributed by atoms with Gasteiger partial charge < -0.3 is 15.4 Å². The van der Waals surface area contributed by atoms with E-state index in [1.54, 1.807) is 12.1 Å². The van der Waals surface area contributed by atoms with Gasteiger partial charge in [-0.25, -0.2) is 4.39 Å². The van der Waals surface area contributed by atoms with Crippen LogP contribution in [-0.2, 0) is 6.61 Å². The van der Waals surface area contributed by atoms with Crippen molar-refractivity contribution in [2.45, 2.75) is 32.9 Å². The summed E-state index contributed by atoms with van der Waals surface area (Å²) in [4.78, 5) is 14.7. The average molecular weight is 393 g/mol. The first-order chi connectivity index (χ1) is 12.3. The molecule has 1 amide bonds. The Balaban J connectivity index is 0.00000261. The molecule has 2 aromatic carbocycles. The van der Waals surface area contributed by atoms with Crippen LogP contribution in [0.3, 0.4) is 0 Å². The maximum absolute atomic E-state index is 13.2. The molecule has 3 rings (SSSR count). The van der Waals surface area contributed by atoms with Crippen LogP contribution in [0.15, 0.2) is 48.5 Å². The van der Waals surface area contributed by atoms with Gasteiger partial charge in [-0.15, -0.1) is 12.4 Å². The lowest BCUT2D eigenvalue weighted by Gasteiger charge is -2.42. The van der Waals surface area contributed by atoms with Crippen LogP contribution in [-0.4, -0.2) is 29.9 Å². The van der Waals surface area contributed by atoms with E-state index in [1.807, 2.05) is 29.2 Å². The summed E-state index contributed by atoms with van der Waals surface area (Å²) >= 11 is 0. The van der Waals surface area contributed by atoms with Gasteiger partial charge in [0.25, 0.3) is 5.91 Å². The quantitative estimate of drug-likeness (QED) is 0.854. The molecule has 146 valence electrons. The summed E-state index contributed by atoms with van der Waals surface area (Å²) in [5, 5.41) is 0. The van der Waals surface area contributed by atoms with E-state index in [1.165, 1.54) is 12.1 Å². The van der Waals surface area contributed by atoms with Crippen molar-refractivity contribution in [3.05, 3.63) is 65.5 Å². The van der Waals surface area contributed by atoms with Crippen LogP contribution in [0.2, 0.25) is 0 Å². The molecule has 1 aliphatic rings. The molecule has 0 spiro atoms. The fraction of sp³-hybridized carbons (Fsp3) is 0.381. The fourth-order valence-corrected chi connectivity index (χ4v) is 3.25. The molecule has 0 aromatic heterocycles. The van der Waals surface area contributed by atoms with Gasteiger partial charge >= 0.3 is 0 Å². The Bertz CT molecular complexity index is 797. The molecule has 0 saturated carbocycles. The van der Waals surface area contributed by atoms with Crippen LogP contribution in [0.4, 0.5) is 4.39 Å². The standard InChI is InChI=1S/C21H25FN2O2.ClH/c1-21(2)14-24(10-9-19(21)23)20(25)16-6-3-5-15(11-16)13-26-18-8-4-7-17(22)12-18;/h3-8,11-12,19H,9-10,13-14,23H2,1-2H3;1H. The summed E-state index contributed by atoms with van der Waals surface area (Å²) in [7, 11) is 0. The number of carbonyl (C=O) groups is 1. The normalized spacial score (nSPS) is 18.5. The molecule has 1 unspecified atom stereocenters. The third-order valence-electron chi connectivity index (χ3n) is 4.97. The Hall–Kier alpha value is -2.11. The van der Waals surface area contributed by atoms with Gasteiger partial charge in [-0.2, -0.15) is 0 Å². The van der Waals surface area contributed by atoms with Crippen molar-refractivity contribution >= 4 is 18.3 Å². The Labute approximate surface area is 165 Å². The van der Waals surface area contributed by atoms with Crippen molar-refractivity contribution in [3.8, 4) is 5.75 Å². The minimum absolute atomic E-state index is 0. The van der Waals surface area contributed by atoms with Gasteiger partial charge in [0.05, 0.1) is 0 Å². The molecule has 0 radical (unpaired) electrons. The van der Waals surface area contributed by atoms with Crippen LogP contribution < -0.4 is 10.5 Å². The molecule has 4 nitrogen and oxygen atoms in total. The molecule has 27 heavy (non-hydrogen) atoms. The SMILES string of the molecule is CC1(C)CN(C(=O)c2cccc(COc3cccc(F)c3)c2)CCC1N.Cl. The number of hydrogen-bond donors (Lipinski definition) is 1. The second-order valence-corrected chi connectivity index (χ2v) is 7.56. The van der Waals surface area contributed by atoms with Crippen LogP contribution >= 0.6 is 12.4 Å². The highest BCUT2D eigenvalue weighted by molar-refractivity contribution is 5.94. The van der Waals surface area contributed by atoms with E-state index < -0.39 is 0 Å². The lowest BCUT2D eigenvalue weighted by molar-refractivity contribution is 0.0533. The van der Waals surface area contributed by atoms with Gasteiger partial charge in [-0.05, 0) is 41.7 Å².